The molecule has 18 heavy (non-hydrogen) atoms. The third-order valence-electron chi connectivity index (χ3n) is 1.54. The van der Waals surface area contributed by atoms with Crippen LogP contribution in [0, 0.1) is 0 Å². The van der Waals surface area contributed by atoms with Gasteiger partial charge in [-0.05, 0) is 0 Å². The van der Waals surface area contributed by atoms with Gasteiger partial charge in [0.2, 0.25) is 0 Å². The molecule has 0 aromatic rings. The molecule has 0 radical (unpaired) electrons. The first-order valence-corrected chi connectivity index (χ1v) is 4.97. The van der Waals surface area contributed by atoms with Crippen LogP contribution in [0.25, 0.3) is 0 Å². The maximum atomic E-state index is 10.9. The van der Waals surface area contributed by atoms with Crippen LogP contribution in [0.15, 0.2) is 0 Å². The van der Waals surface area contributed by atoms with Crippen molar-refractivity contribution in [2.75, 3.05) is 0 Å². The fourth-order valence-corrected chi connectivity index (χ4v) is 1.13. The average Bonchev–Trinajstić information content (AvgIpc) is 2.11. The highest BCUT2D eigenvalue weighted by Gasteiger charge is 2.42. The van der Waals surface area contributed by atoms with Gasteiger partial charge in [0.05, 0.1) is 12.8 Å². The lowest BCUT2D eigenvalue weighted by molar-refractivity contribution is -0.330. The number of carboxylic acids is 1. The highest BCUT2D eigenvalue weighted by molar-refractivity contribution is 5.71. The summed E-state index contributed by atoms with van der Waals surface area (Å²) in [5.41, 5.74) is 0. The SMILES string of the molecule is CC(=O)OC(CCC(=O)O)(OC(C)=O)OC(C)=O. The second kappa shape index (κ2) is 6.58. The Balaban J connectivity index is 5.08. The molecule has 102 valence electrons. The first kappa shape index (κ1) is 15.9. The van der Waals surface area contributed by atoms with Gasteiger partial charge in [0.15, 0.2) is 0 Å². The summed E-state index contributed by atoms with van der Waals surface area (Å²) >= 11 is 0. The Morgan fingerprint density at radius 1 is 0.889 bits per heavy atom. The van der Waals surface area contributed by atoms with Crippen molar-refractivity contribution in [2.24, 2.45) is 0 Å². The van der Waals surface area contributed by atoms with Crippen molar-refractivity contribution in [3.63, 3.8) is 0 Å². The summed E-state index contributed by atoms with van der Waals surface area (Å²) in [5, 5.41) is 8.56. The van der Waals surface area contributed by atoms with Crippen LogP contribution in [-0.4, -0.2) is 35.0 Å². The van der Waals surface area contributed by atoms with E-state index in [1.807, 2.05) is 0 Å². The average molecular weight is 262 g/mol. The summed E-state index contributed by atoms with van der Waals surface area (Å²) in [4.78, 5) is 43.2. The van der Waals surface area contributed by atoms with Crippen molar-refractivity contribution in [3.05, 3.63) is 0 Å². The predicted molar refractivity (Wildman–Crippen MR) is 54.9 cm³/mol. The molecule has 0 saturated carbocycles. The minimum atomic E-state index is -2.33. The van der Waals surface area contributed by atoms with Crippen LogP contribution in [0.2, 0.25) is 0 Å². The summed E-state index contributed by atoms with van der Waals surface area (Å²) in [6, 6.07) is 0. The molecule has 1 N–H and O–H groups in total. The van der Waals surface area contributed by atoms with E-state index in [0.29, 0.717) is 0 Å². The fourth-order valence-electron chi connectivity index (χ4n) is 1.13. The van der Waals surface area contributed by atoms with Gasteiger partial charge in [0.1, 0.15) is 0 Å². The third kappa shape index (κ3) is 6.46. The van der Waals surface area contributed by atoms with Crippen LogP contribution >= 0.6 is 0 Å². The van der Waals surface area contributed by atoms with E-state index in [1.54, 1.807) is 0 Å². The Labute approximate surface area is 103 Å². The number of ether oxygens (including phenoxy) is 3. The molecule has 8 nitrogen and oxygen atoms in total. The number of aliphatic carboxylic acids is 1. The van der Waals surface area contributed by atoms with Crippen LogP contribution in [0.4, 0.5) is 0 Å². The zero-order valence-electron chi connectivity index (χ0n) is 10.2. The van der Waals surface area contributed by atoms with Gasteiger partial charge in [-0.2, -0.15) is 0 Å². The number of esters is 3. The molecule has 0 aromatic carbocycles. The highest BCUT2D eigenvalue weighted by Crippen LogP contribution is 2.23. The molecular formula is C10H14O8. The maximum Gasteiger partial charge on any atom is 0.423 e. The predicted octanol–water partition coefficient (Wildman–Crippen LogP) is 0.194. The van der Waals surface area contributed by atoms with Gasteiger partial charge in [0.25, 0.3) is 0 Å². The maximum absolute atomic E-state index is 10.9. The van der Waals surface area contributed by atoms with Crippen molar-refractivity contribution in [2.45, 2.75) is 39.6 Å². The molecule has 0 aliphatic heterocycles. The van der Waals surface area contributed by atoms with Crippen LogP contribution in [0.5, 0.6) is 0 Å². The number of carboxylic acid groups (broad SMARTS) is 1. The first-order valence-electron chi connectivity index (χ1n) is 4.97. The summed E-state index contributed by atoms with van der Waals surface area (Å²) in [5.74, 6) is -6.22. The highest BCUT2D eigenvalue weighted by atomic mass is 16.9. The molecule has 0 amide bonds. The third-order valence-corrected chi connectivity index (χ3v) is 1.54. The molecule has 8 heteroatoms. The molecule has 0 heterocycles. The first-order chi connectivity index (χ1) is 8.17. The van der Waals surface area contributed by atoms with Crippen molar-refractivity contribution >= 4 is 23.9 Å². The number of hydrogen-bond acceptors (Lipinski definition) is 7. The smallest absolute Gasteiger partial charge is 0.423 e. The van der Waals surface area contributed by atoms with Gasteiger partial charge in [-0.15, -0.1) is 0 Å². The lowest BCUT2D eigenvalue weighted by Gasteiger charge is -2.29. The van der Waals surface area contributed by atoms with E-state index in [9.17, 15) is 19.2 Å². The van der Waals surface area contributed by atoms with Gasteiger partial charge >= 0.3 is 29.9 Å². The minimum Gasteiger partial charge on any atom is -0.481 e. The Morgan fingerprint density at radius 3 is 1.44 bits per heavy atom. The Morgan fingerprint density at radius 2 is 1.22 bits per heavy atom. The molecule has 0 fully saturated rings. The molecule has 0 rings (SSSR count). The number of carbonyl (C=O) groups is 4. The van der Waals surface area contributed by atoms with E-state index >= 15 is 0 Å². The van der Waals surface area contributed by atoms with Crippen molar-refractivity contribution in [1.29, 1.82) is 0 Å². The van der Waals surface area contributed by atoms with Crippen molar-refractivity contribution in [1.82, 2.24) is 0 Å². The van der Waals surface area contributed by atoms with E-state index in [1.165, 1.54) is 0 Å². The lowest BCUT2D eigenvalue weighted by atomic mass is 10.2. The fraction of sp³-hybridized carbons (Fsp3) is 0.600. The number of carbonyl (C=O) groups excluding carboxylic acids is 3. The van der Waals surface area contributed by atoms with E-state index < -0.39 is 42.7 Å². The Hall–Kier alpha value is -2.12. The quantitative estimate of drug-likeness (QED) is 0.532. The lowest BCUT2D eigenvalue weighted by Crippen LogP contribution is -2.43. The van der Waals surface area contributed by atoms with E-state index in [0.717, 1.165) is 20.8 Å². The summed E-state index contributed by atoms with van der Waals surface area (Å²) in [7, 11) is 0. The van der Waals surface area contributed by atoms with Gasteiger partial charge < -0.3 is 19.3 Å². The zero-order chi connectivity index (χ0) is 14.3. The molecule has 0 unspecified atom stereocenters. The van der Waals surface area contributed by atoms with Gasteiger partial charge in [-0.3, -0.25) is 19.2 Å². The molecule has 0 aromatic heterocycles. The van der Waals surface area contributed by atoms with E-state index in [-0.39, 0.29) is 0 Å². The standard InChI is InChI=1S/C10H14O8/c1-6(11)16-10(17-7(2)12,18-8(3)13)5-4-9(14)15/h4-5H2,1-3H3,(H,14,15). The minimum absolute atomic E-state index is 0.499. The monoisotopic (exact) mass is 262 g/mol. The van der Waals surface area contributed by atoms with Gasteiger partial charge in [-0.1, -0.05) is 0 Å². The summed E-state index contributed by atoms with van der Waals surface area (Å²) in [6.45, 7) is 3.01. The number of hydrogen-bond donors (Lipinski definition) is 1. The van der Waals surface area contributed by atoms with E-state index in [4.69, 9.17) is 5.11 Å². The Kier molecular flexibility index (Phi) is 5.80. The molecule has 0 bridgehead atoms. The second-order valence-corrected chi connectivity index (χ2v) is 3.36. The largest absolute Gasteiger partial charge is 0.481 e. The molecular weight excluding hydrogens is 248 g/mol. The number of rotatable bonds is 6. The molecule has 0 aliphatic rings. The molecule has 0 saturated heterocycles. The Bertz CT molecular complexity index is 318. The van der Waals surface area contributed by atoms with Crippen LogP contribution in [0.3, 0.4) is 0 Å². The van der Waals surface area contributed by atoms with Crippen LogP contribution < -0.4 is 0 Å². The summed E-state index contributed by atoms with van der Waals surface area (Å²) in [6.07, 6.45) is -1.02. The normalized spacial score (nSPS) is 10.4. The topological polar surface area (TPSA) is 116 Å². The van der Waals surface area contributed by atoms with Gasteiger partial charge in [0, 0.05) is 20.8 Å². The van der Waals surface area contributed by atoms with Crippen LogP contribution in [0.1, 0.15) is 33.6 Å². The molecule has 0 spiro atoms. The second-order valence-electron chi connectivity index (χ2n) is 3.36. The zero-order valence-corrected chi connectivity index (χ0v) is 10.2. The van der Waals surface area contributed by atoms with E-state index in [2.05, 4.69) is 14.2 Å². The van der Waals surface area contributed by atoms with Gasteiger partial charge in [-0.25, -0.2) is 0 Å². The van der Waals surface area contributed by atoms with Crippen molar-refractivity contribution < 1.29 is 38.5 Å². The van der Waals surface area contributed by atoms with Crippen LogP contribution in [-0.2, 0) is 33.4 Å². The van der Waals surface area contributed by atoms with Crippen molar-refractivity contribution in [3.8, 4) is 0 Å². The summed E-state index contributed by atoms with van der Waals surface area (Å²) < 4.78 is 13.9. The molecule has 0 aliphatic carbocycles. The molecule has 0 atom stereocenters.